The molecule has 0 aromatic rings. The molecule has 0 aliphatic heterocycles. The Morgan fingerprint density at radius 2 is 1.69 bits per heavy atom. The van der Waals surface area contributed by atoms with Crippen LogP contribution in [0.3, 0.4) is 0 Å². The standard InChI is InChI=1S/C29H46O3/c1-4-5-6-7-8-9-10-11-27(31)32-26-15-14-24-23-13-12-21-20-22(30)16-18-28(21,2)25(23)17-19-29(24,26)3/h20,23-26H,4-19H2,1-3H3/t23?,24?,25?,26?,28-,29-/m0/s1. The number of allylic oxidation sites excluding steroid dienone is 1. The summed E-state index contributed by atoms with van der Waals surface area (Å²) >= 11 is 0. The van der Waals surface area contributed by atoms with Crippen LogP contribution in [0.4, 0.5) is 0 Å². The number of carbonyl (C=O) groups excluding carboxylic acids is 2. The van der Waals surface area contributed by atoms with Gasteiger partial charge in [-0.2, -0.15) is 0 Å². The maximum Gasteiger partial charge on any atom is 0.306 e. The molecule has 0 aromatic carbocycles. The van der Waals surface area contributed by atoms with E-state index in [0.29, 0.717) is 24.0 Å². The van der Waals surface area contributed by atoms with Gasteiger partial charge in [0.1, 0.15) is 6.10 Å². The first kappa shape index (κ1) is 24.0. The number of fused-ring (bicyclic) bond motifs is 5. The third-order valence-electron chi connectivity index (χ3n) is 10.1. The first-order chi connectivity index (χ1) is 15.4. The van der Waals surface area contributed by atoms with Crippen molar-refractivity contribution >= 4 is 11.8 Å². The van der Waals surface area contributed by atoms with Crippen molar-refractivity contribution in [2.24, 2.45) is 28.6 Å². The number of rotatable bonds is 9. The van der Waals surface area contributed by atoms with Crippen molar-refractivity contribution in [1.29, 1.82) is 0 Å². The van der Waals surface area contributed by atoms with E-state index in [1.54, 1.807) is 0 Å². The van der Waals surface area contributed by atoms with Gasteiger partial charge in [0.25, 0.3) is 0 Å². The molecule has 3 heteroatoms. The molecule has 4 aliphatic carbocycles. The van der Waals surface area contributed by atoms with E-state index < -0.39 is 0 Å². The molecule has 180 valence electrons. The predicted molar refractivity (Wildman–Crippen MR) is 129 cm³/mol. The van der Waals surface area contributed by atoms with E-state index in [2.05, 4.69) is 20.8 Å². The molecule has 0 heterocycles. The van der Waals surface area contributed by atoms with Crippen molar-refractivity contribution in [2.45, 2.75) is 130 Å². The summed E-state index contributed by atoms with van der Waals surface area (Å²) in [5.41, 5.74) is 1.82. The zero-order chi connectivity index (χ0) is 22.8. The van der Waals surface area contributed by atoms with Gasteiger partial charge < -0.3 is 4.74 Å². The van der Waals surface area contributed by atoms with E-state index in [-0.39, 0.29) is 22.9 Å². The Balaban J connectivity index is 1.31. The lowest BCUT2D eigenvalue weighted by Gasteiger charge is -2.57. The Labute approximate surface area is 196 Å². The first-order valence-electron chi connectivity index (χ1n) is 13.8. The van der Waals surface area contributed by atoms with E-state index >= 15 is 0 Å². The second-order valence-corrected chi connectivity index (χ2v) is 11.9. The molecule has 6 atom stereocenters. The lowest BCUT2D eigenvalue weighted by Crippen LogP contribution is -2.51. The molecule has 4 rings (SSSR count). The van der Waals surface area contributed by atoms with Gasteiger partial charge in [-0.25, -0.2) is 0 Å². The zero-order valence-electron chi connectivity index (χ0n) is 20.9. The summed E-state index contributed by atoms with van der Waals surface area (Å²) in [6, 6.07) is 0. The van der Waals surface area contributed by atoms with Crippen molar-refractivity contribution in [3.63, 3.8) is 0 Å². The summed E-state index contributed by atoms with van der Waals surface area (Å²) in [4.78, 5) is 24.7. The molecule has 0 saturated heterocycles. The van der Waals surface area contributed by atoms with Crippen LogP contribution >= 0.6 is 0 Å². The highest BCUT2D eigenvalue weighted by molar-refractivity contribution is 5.91. The van der Waals surface area contributed by atoms with Gasteiger partial charge in [-0.3, -0.25) is 9.59 Å². The summed E-state index contributed by atoms with van der Waals surface area (Å²) in [6.45, 7) is 7.11. The largest absolute Gasteiger partial charge is 0.462 e. The van der Waals surface area contributed by atoms with Gasteiger partial charge in [0.05, 0.1) is 0 Å². The number of ketones is 1. The van der Waals surface area contributed by atoms with Crippen LogP contribution < -0.4 is 0 Å². The van der Waals surface area contributed by atoms with Crippen LogP contribution in [0.2, 0.25) is 0 Å². The molecule has 0 bridgehead atoms. The minimum atomic E-state index is 0.0409. The average Bonchev–Trinajstić information content (AvgIpc) is 3.10. The van der Waals surface area contributed by atoms with Gasteiger partial charge in [0.2, 0.25) is 0 Å². The van der Waals surface area contributed by atoms with E-state index in [1.165, 1.54) is 63.4 Å². The molecule has 4 aliphatic rings. The third-order valence-corrected chi connectivity index (χ3v) is 10.1. The van der Waals surface area contributed by atoms with E-state index in [4.69, 9.17) is 4.74 Å². The maximum absolute atomic E-state index is 12.6. The Bertz CT molecular complexity index is 724. The van der Waals surface area contributed by atoms with Gasteiger partial charge in [0, 0.05) is 18.3 Å². The van der Waals surface area contributed by atoms with Gasteiger partial charge in [-0.05, 0) is 80.6 Å². The fourth-order valence-corrected chi connectivity index (χ4v) is 8.15. The highest BCUT2D eigenvalue weighted by atomic mass is 16.5. The van der Waals surface area contributed by atoms with Crippen LogP contribution in [0.25, 0.3) is 0 Å². The van der Waals surface area contributed by atoms with Crippen LogP contribution in [0, 0.1) is 28.6 Å². The van der Waals surface area contributed by atoms with E-state index in [9.17, 15) is 9.59 Å². The molecule has 4 unspecified atom stereocenters. The number of ether oxygens (including phenoxy) is 1. The Kier molecular flexibility index (Phi) is 7.52. The number of unbranched alkanes of at least 4 members (excludes halogenated alkanes) is 6. The summed E-state index contributed by atoms with van der Waals surface area (Å²) in [5.74, 6) is 2.49. The molecule has 0 amide bonds. The molecule has 3 nitrogen and oxygen atoms in total. The van der Waals surface area contributed by atoms with Crippen LogP contribution in [-0.4, -0.2) is 17.9 Å². The summed E-state index contributed by atoms with van der Waals surface area (Å²) in [5, 5.41) is 0. The maximum atomic E-state index is 12.6. The molecule has 0 radical (unpaired) electrons. The smallest absolute Gasteiger partial charge is 0.306 e. The molecule has 3 fully saturated rings. The van der Waals surface area contributed by atoms with E-state index in [0.717, 1.165) is 44.4 Å². The number of hydrogen-bond donors (Lipinski definition) is 0. The van der Waals surface area contributed by atoms with E-state index in [1.807, 2.05) is 6.08 Å². The minimum absolute atomic E-state index is 0.0409. The fraction of sp³-hybridized carbons (Fsp3) is 0.862. The van der Waals surface area contributed by atoms with Crippen LogP contribution in [0.5, 0.6) is 0 Å². The van der Waals surface area contributed by atoms with Crippen molar-refractivity contribution < 1.29 is 14.3 Å². The molecule has 0 aromatic heterocycles. The Morgan fingerprint density at radius 3 is 2.47 bits per heavy atom. The average molecular weight is 443 g/mol. The first-order valence-corrected chi connectivity index (χ1v) is 13.8. The lowest BCUT2D eigenvalue weighted by molar-refractivity contribution is -0.160. The Hall–Kier alpha value is -1.12. The molecule has 0 N–H and O–H groups in total. The van der Waals surface area contributed by atoms with Crippen molar-refractivity contribution in [2.75, 3.05) is 0 Å². The van der Waals surface area contributed by atoms with Crippen LogP contribution in [-0.2, 0) is 14.3 Å². The minimum Gasteiger partial charge on any atom is -0.462 e. The summed E-state index contributed by atoms with van der Waals surface area (Å²) in [7, 11) is 0. The highest BCUT2D eigenvalue weighted by Crippen LogP contribution is 2.65. The molecular formula is C29H46O3. The normalized spacial score (nSPS) is 38.5. The van der Waals surface area contributed by atoms with Crippen LogP contribution in [0.1, 0.15) is 124 Å². The van der Waals surface area contributed by atoms with Gasteiger partial charge in [0.15, 0.2) is 5.78 Å². The molecular weight excluding hydrogens is 396 g/mol. The molecule has 0 spiro atoms. The highest BCUT2D eigenvalue weighted by Gasteiger charge is 2.59. The van der Waals surface area contributed by atoms with Gasteiger partial charge in [-0.1, -0.05) is 64.9 Å². The number of carbonyl (C=O) groups is 2. The lowest BCUT2D eigenvalue weighted by atomic mass is 9.47. The summed E-state index contributed by atoms with van der Waals surface area (Å²) < 4.78 is 6.16. The van der Waals surface area contributed by atoms with Crippen molar-refractivity contribution in [3.8, 4) is 0 Å². The summed E-state index contributed by atoms with van der Waals surface area (Å²) in [6.07, 6.45) is 20.1. The molecule has 32 heavy (non-hydrogen) atoms. The Morgan fingerprint density at radius 1 is 0.938 bits per heavy atom. The van der Waals surface area contributed by atoms with Gasteiger partial charge >= 0.3 is 5.97 Å². The van der Waals surface area contributed by atoms with Crippen molar-refractivity contribution in [1.82, 2.24) is 0 Å². The number of hydrogen-bond acceptors (Lipinski definition) is 3. The van der Waals surface area contributed by atoms with Crippen LogP contribution in [0.15, 0.2) is 11.6 Å². The fourth-order valence-electron chi connectivity index (χ4n) is 8.15. The molecule has 3 saturated carbocycles. The van der Waals surface area contributed by atoms with Gasteiger partial charge in [-0.15, -0.1) is 0 Å². The zero-order valence-corrected chi connectivity index (χ0v) is 20.9. The third kappa shape index (κ3) is 4.60. The van der Waals surface area contributed by atoms with Crippen molar-refractivity contribution in [3.05, 3.63) is 11.6 Å². The second kappa shape index (κ2) is 10.0. The number of esters is 1. The SMILES string of the molecule is CCCCCCCCCC(=O)OC1CCC2C3CCC4=CC(=O)CC[C@]4(C)C3CC[C@]12C. The second-order valence-electron chi connectivity index (χ2n) is 11.9. The quantitative estimate of drug-likeness (QED) is 0.273. The predicted octanol–water partition coefficient (Wildman–Crippen LogP) is 7.57. The topological polar surface area (TPSA) is 43.4 Å². The monoisotopic (exact) mass is 442 g/mol.